The Hall–Kier alpha value is -2.38. The summed E-state index contributed by atoms with van der Waals surface area (Å²) in [5, 5.41) is 13.7. The van der Waals surface area contributed by atoms with E-state index in [1.165, 1.54) is 15.5 Å². The molecule has 0 saturated carbocycles. The van der Waals surface area contributed by atoms with Crippen molar-refractivity contribution in [2.45, 2.75) is 12.5 Å². The number of quaternary nitrogens is 1. The van der Waals surface area contributed by atoms with Gasteiger partial charge in [0.15, 0.2) is 10.8 Å². The van der Waals surface area contributed by atoms with Crippen LogP contribution in [0.5, 0.6) is 5.88 Å². The van der Waals surface area contributed by atoms with E-state index in [9.17, 15) is 9.90 Å². The number of benzene rings is 1. The molecular weight excluding hydrogens is 312 g/mol. The van der Waals surface area contributed by atoms with Gasteiger partial charge in [-0.1, -0.05) is 18.2 Å². The van der Waals surface area contributed by atoms with Gasteiger partial charge in [0.25, 0.3) is 5.56 Å². The number of aromatic nitrogens is 3. The summed E-state index contributed by atoms with van der Waals surface area (Å²) in [4.78, 5) is 18.5. The minimum atomic E-state index is -0.335. The third kappa shape index (κ3) is 2.04. The van der Waals surface area contributed by atoms with Crippen LogP contribution in [-0.4, -0.2) is 26.2 Å². The number of aromatic hydroxyl groups is 1. The first-order valence-corrected chi connectivity index (χ1v) is 7.93. The van der Waals surface area contributed by atoms with Gasteiger partial charge in [-0.15, -0.1) is 0 Å². The molecule has 3 aromatic rings. The highest BCUT2D eigenvalue weighted by atomic mass is 32.1. The maximum absolute atomic E-state index is 12.4. The van der Waals surface area contributed by atoms with Crippen LogP contribution in [0.15, 0.2) is 29.1 Å². The summed E-state index contributed by atoms with van der Waals surface area (Å²) in [6.07, 6.45) is 0.930. The molecule has 118 valence electrons. The molecule has 0 bridgehead atoms. The van der Waals surface area contributed by atoms with Crippen molar-refractivity contribution in [3.8, 4) is 5.88 Å². The van der Waals surface area contributed by atoms with Crippen molar-refractivity contribution in [2.75, 3.05) is 6.54 Å². The number of rotatable bonds is 1. The number of hydrogen-bond donors (Lipinski definition) is 4. The first-order valence-electron chi connectivity index (χ1n) is 7.53. The van der Waals surface area contributed by atoms with Gasteiger partial charge in [0.05, 0.1) is 12.2 Å². The topological polar surface area (TPSA) is 90.4 Å². The van der Waals surface area contributed by atoms with Gasteiger partial charge in [0.2, 0.25) is 5.88 Å². The second kappa shape index (κ2) is 5.07. The Labute approximate surface area is 136 Å². The zero-order valence-corrected chi connectivity index (χ0v) is 13.4. The van der Waals surface area contributed by atoms with Crippen LogP contribution in [0.2, 0.25) is 0 Å². The SMILES string of the molecule is Cn1c(O)c([C@@H]2[NH2+]CCc3c2[nH]c2ccccc32)c(=O)[nH]c1=S. The normalized spacial score (nSPS) is 17.3. The van der Waals surface area contributed by atoms with Crippen molar-refractivity contribution < 1.29 is 10.4 Å². The number of fused-ring (bicyclic) bond motifs is 3. The molecule has 0 saturated heterocycles. The van der Waals surface area contributed by atoms with Crippen molar-refractivity contribution in [3.63, 3.8) is 0 Å². The summed E-state index contributed by atoms with van der Waals surface area (Å²) < 4.78 is 1.64. The van der Waals surface area contributed by atoms with Gasteiger partial charge in [0.1, 0.15) is 5.56 Å². The summed E-state index contributed by atoms with van der Waals surface area (Å²) >= 11 is 5.05. The van der Waals surface area contributed by atoms with Crippen LogP contribution in [0.3, 0.4) is 0 Å². The molecule has 3 heterocycles. The predicted octanol–water partition coefficient (Wildman–Crippen LogP) is 0.839. The Kier molecular flexibility index (Phi) is 3.14. The Bertz CT molecular complexity index is 1030. The van der Waals surface area contributed by atoms with E-state index in [-0.39, 0.29) is 22.3 Å². The molecule has 6 nitrogen and oxygen atoms in total. The van der Waals surface area contributed by atoms with Crippen LogP contribution in [0.1, 0.15) is 22.9 Å². The molecule has 1 aliphatic heterocycles. The summed E-state index contributed by atoms with van der Waals surface area (Å²) in [5.41, 5.74) is 3.26. The van der Waals surface area contributed by atoms with Gasteiger partial charge >= 0.3 is 0 Å². The highest BCUT2D eigenvalue weighted by Crippen LogP contribution is 2.31. The van der Waals surface area contributed by atoms with Crippen LogP contribution in [-0.2, 0) is 13.5 Å². The fourth-order valence-corrected chi connectivity index (χ4v) is 3.62. The first kappa shape index (κ1) is 14.2. The van der Waals surface area contributed by atoms with E-state index in [0.717, 1.165) is 24.2 Å². The lowest BCUT2D eigenvalue weighted by Crippen LogP contribution is -2.87. The van der Waals surface area contributed by atoms with Crippen molar-refractivity contribution in [1.82, 2.24) is 14.5 Å². The molecule has 23 heavy (non-hydrogen) atoms. The van der Waals surface area contributed by atoms with E-state index in [1.54, 1.807) is 7.05 Å². The number of hydrogen-bond acceptors (Lipinski definition) is 3. The summed E-state index contributed by atoms with van der Waals surface area (Å²) in [5.74, 6) is -0.0773. The monoisotopic (exact) mass is 329 g/mol. The Balaban J connectivity index is 1.99. The molecule has 0 amide bonds. The number of aromatic amines is 2. The third-order valence-electron chi connectivity index (χ3n) is 4.59. The van der Waals surface area contributed by atoms with E-state index in [4.69, 9.17) is 12.2 Å². The standard InChI is InChI=1S/C16H16N4O2S/c1-20-15(22)11(14(21)19-16(20)23)13-12-9(6-7-17-13)8-4-2-3-5-10(8)18-12/h2-5,13,17-18,22H,6-7H2,1H3,(H,19,21,23)/p+1/t13-/m0/s1. The fraction of sp³-hybridized carbons (Fsp3) is 0.250. The van der Waals surface area contributed by atoms with Gasteiger partial charge in [-0.05, 0) is 23.8 Å². The van der Waals surface area contributed by atoms with Crippen LogP contribution in [0.4, 0.5) is 0 Å². The molecule has 0 spiro atoms. The van der Waals surface area contributed by atoms with Crippen molar-refractivity contribution in [2.24, 2.45) is 7.05 Å². The molecule has 1 aliphatic rings. The van der Waals surface area contributed by atoms with Gasteiger partial charge in [-0.25, -0.2) is 0 Å². The molecule has 0 unspecified atom stereocenters. The maximum atomic E-state index is 12.4. The number of para-hydroxylation sites is 1. The van der Waals surface area contributed by atoms with E-state index in [1.807, 2.05) is 18.2 Å². The van der Waals surface area contributed by atoms with Gasteiger partial charge < -0.3 is 15.4 Å². The maximum Gasteiger partial charge on any atom is 0.265 e. The van der Waals surface area contributed by atoms with Crippen LogP contribution in [0.25, 0.3) is 10.9 Å². The molecule has 7 heteroatoms. The lowest BCUT2D eigenvalue weighted by Gasteiger charge is -2.22. The quantitative estimate of drug-likeness (QED) is 0.499. The van der Waals surface area contributed by atoms with Crippen molar-refractivity contribution in [3.05, 3.63) is 56.2 Å². The van der Waals surface area contributed by atoms with E-state index < -0.39 is 0 Å². The zero-order valence-electron chi connectivity index (χ0n) is 12.6. The molecule has 2 aromatic heterocycles. The van der Waals surface area contributed by atoms with E-state index >= 15 is 0 Å². The average Bonchev–Trinajstić information content (AvgIpc) is 2.92. The smallest absolute Gasteiger partial charge is 0.265 e. The summed E-state index contributed by atoms with van der Waals surface area (Å²) in [7, 11) is 1.64. The molecule has 0 aliphatic carbocycles. The van der Waals surface area contributed by atoms with Gasteiger partial charge in [-0.2, -0.15) is 0 Å². The minimum Gasteiger partial charge on any atom is -0.494 e. The molecular formula is C16H17N4O2S+. The number of nitrogens with one attached hydrogen (secondary N) is 2. The largest absolute Gasteiger partial charge is 0.494 e. The highest BCUT2D eigenvalue weighted by molar-refractivity contribution is 7.71. The zero-order chi connectivity index (χ0) is 16.1. The molecule has 0 radical (unpaired) electrons. The number of nitrogens with two attached hydrogens (primary N) is 1. The van der Waals surface area contributed by atoms with Crippen LogP contribution < -0.4 is 10.9 Å². The van der Waals surface area contributed by atoms with Gasteiger partial charge in [-0.3, -0.25) is 14.3 Å². The molecule has 5 N–H and O–H groups in total. The minimum absolute atomic E-state index is 0.0773. The third-order valence-corrected chi connectivity index (χ3v) is 4.97. The number of H-pyrrole nitrogens is 2. The molecule has 0 fully saturated rings. The summed E-state index contributed by atoms with van der Waals surface area (Å²) in [6, 6.07) is 7.85. The number of nitrogens with zero attached hydrogens (tertiary/aromatic N) is 1. The van der Waals surface area contributed by atoms with Crippen LogP contribution >= 0.6 is 12.2 Å². The summed E-state index contributed by atoms with van der Waals surface area (Å²) in [6.45, 7) is 0.859. The first-order chi connectivity index (χ1) is 11.1. The molecule has 1 atom stereocenters. The van der Waals surface area contributed by atoms with Crippen LogP contribution in [0, 0.1) is 4.77 Å². The lowest BCUT2D eigenvalue weighted by molar-refractivity contribution is -0.690. The Morgan fingerprint density at radius 2 is 2.13 bits per heavy atom. The Morgan fingerprint density at radius 1 is 1.35 bits per heavy atom. The second-order valence-corrected chi connectivity index (χ2v) is 6.26. The highest BCUT2D eigenvalue weighted by Gasteiger charge is 2.33. The lowest BCUT2D eigenvalue weighted by atomic mass is 9.95. The van der Waals surface area contributed by atoms with E-state index in [2.05, 4.69) is 21.4 Å². The average molecular weight is 329 g/mol. The second-order valence-electron chi connectivity index (χ2n) is 5.87. The Morgan fingerprint density at radius 3 is 2.96 bits per heavy atom. The predicted molar refractivity (Wildman–Crippen MR) is 89.2 cm³/mol. The fourth-order valence-electron chi connectivity index (χ4n) is 3.44. The molecule has 4 rings (SSSR count). The van der Waals surface area contributed by atoms with Crippen molar-refractivity contribution >= 4 is 23.1 Å². The van der Waals surface area contributed by atoms with Crippen molar-refractivity contribution in [1.29, 1.82) is 0 Å². The molecule has 1 aromatic carbocycles. The van der Waals surface area contributed by atoms with E-state index in [0.29, 0.717) is 5.56 Å². The van der Waals surface area contributed by atoms with Gasteiger partial charge in [0, 0.05) is 24.4 Å².